The number of benzene rings is 4. The molecule has 1 N–H and O–H groups in total. The largest absolute Gasteiger partial charge is 1.00 e. The van der Waals surface area contributed by atoms with Crippen molar-refractivity contribution in [3.05, 3.63) is 125 Å². The van der Waals surface area contributed by atoms with E-state index in [4.69, 9.17) is 0 Å². The number of carbonyl (C=O) groups is 2. The van der Waals surface area contributed by atoms with Gasteiger partial charge in [-0.3, -0.25) is 4.79 Å². The van der Waals surface area contributed by atoms with Crippen molar-refractivity contribution in [2.24, 2.45) is 0 Å². The van der Waals surface area contributed by atoms with Gasteiger partial charge in [0.2, 0.25) is 0 Å². The minimum atomic E-state index is -1.27. The fourth-order valence-corrected chi connectivity index (χ4v) is 5.20. The van der Waals surface area contributed by atoms with E-state index >= 15 is 0 Å². The van der Waals surface area contributed by atoms with Gasteiger partial charge < -0.3 is 20.1 Å². The van der Waals surface area contributed by atoms with E-state index in [0.717, 1.165) is 34.5 Å². The molecule has 0 aliphatic heterocycles. The van der Waals surface area contributed by atoms with Crippen LogP contribution in [0.5, 0.6) is 0 Å². The second kappa shape index (κ2) is 15.5. The first-order valence-electron chi connectivity index (χ1n) is 13.4. The molecule has 4 aromatic rings. The van der Waals surface area contributed by atoms with Gasteiger partial charge >= 0.3 is 18.9 Å². The van der Waals surface area contributed by atoms with Crippen molar-refractivity contribution in [3.8, 4) is 11.1 Å². The Kier molecular flexibility index (Phi) is 12.2. The molecule has 5 nitrogen and oxygen atoms in total. The number of rotatable bonds is 12. The topological polar surface area (TPSA) is 72.5 Å². The molecule has 0 aliphatic rings. The van der Waals surface area contributed by atoms with Gasteiger partial charge in [0, 0.05) is 24.3 Å². The second-order valence-corrected chi connectivity index (χ2v) is 11.0. The standard InChI is InChI=1S/C34H36N2O3S.Li/c1-24-13-16-28(17-14-24)36(22-26-10-5-4-6-11-26)23-27-15-18-30(31(21-27)29-12-8-7-9-25(29)2)33(37)35-32(34(38)39)19-20-40-3;/h4-18,21,32H,19-20,22-23H2,1-3H3,(H,35,37)(H,38,39);/q;+1/p-1/t32-;/m0./s1. The van der Waals surface area contributed by atoms with Crippen molar-refractivity contribution in [3.63, 3.8) is 0 Å². The number of aryl methyl sites for hydroxylation is 2. The van der Waals surface area contributed by atoms with Crippen molar-refractivity contribution >= 4 is 29.3 Å². The molecule has 4 rings (SSSR count). The molecule has 1 atom stereocenters. The molecule has 206 valence electrons. The van der Waals surface area contributed by atoms with E-state index in [2.05, 4.69) is 59.6 Å². The predicted molar refractivity (Wildman–Crippen MR) is 163 cm³/mol. The SMILES string of the molecule is CSCC[C@H](NC(=O)c1ccc(CN(Cc2ccccc2)c2ccc(C)cc2)cc1-c1ccccc1C)C(=O)[O-].[Li+]. The predicted octanol–water partition coefficient (Wildman–Crippen LogP) is 2.78. The maximum Gasteiger partial charge on any atom is 1.00 e. The molecule has 4 aromatic carbocycles. The number of anilines is 1. The Hall–Kier alpha value is -3.43. The van der Waals surface area contributed by atoms with Crippen LogP contribution >= 0.6 is 11.8 Å². The van der Waals surface area contributed by atoms with Crippen LogP contribution in [0.3, 0.4) is 0 Å². The molecule has 0 unspecified atom stereocenters. The number of amides is 1. The van der Waals surface area contributed by atoms with Crippen LogP contribution in [-0.4, -0.2) is 29.9 Å². The van der Waals surface area contributed by atoms with E-state index < -0.39 is 17.9 Å². The van der Waals surface area contributed by atoms with Gasteiger partial charge in [0.1, 0.15) is 0 Å². The molecule has 0 aromatic heterocycles. The van der Waals surface area contributed by atoms with Crippen LogP contribution in [0, 0.1) is 13.8 Å². The number of carbonyl (C=O) groups excluding carboxylic acids is 2. The van der Waals surface area contributed by atoms with Crippen LogP contribution in [0.4, 0.5) is 5.69 Å². The number of hydrogen-bond acceptors (Lipinski definition) is 5. The van der Waals surface area contributed by atoms with Crippen LogP contribution in [0.15, 0.2) is 97.1 Å². The van der Waals surface area contributed by atoms with E-state index in [1.54, 1.807) is 0 Å². The van der Waals surface area contributed by atoms with Crippen LogP contribution in [0.1, 0.15) is 39.0 Å². The van der Waals surface area contributed by atoms with E-state index in [0.29, 0.717) is 24.3 Å². The van der Waals surface area contributed by atoms with E-state index in [1.807, 2.05) is 67.8 Å². The number of carboxylic acid groups (broad SMARTS) is 1. The summed E-state index contributed by atoms with van der Waals surface area (Å²) in [6.07, 6.45) is 2.21. The molecule has 0 saturated carbocycles. The van der Waals surface area contributed by atoms with Gasteiger partial charge in [-0.1, -0.05) is 78.4 Å². The number of thioether (sulfide) groups is 1. The Labute approximate surface area is 259 Å². The summed E-state index contributed by atoms with van der Waals surface area (Å²) in [7, 11) is 0. The number of hydrogen-bond donors (Lipinski definition) is 1. The first-order chi connectivity index (χ1) is 19.4. The Morgan fingerprint density at radius 3 is 2.15 bits per heavy atom. The zero-order chi connectivity index (χ0) is 28.5. The third-order valence-electron chi connectivity index (χ3n) is 6.95. The normalized spacial score (nSPS) is 11.3. The smallest absolute Gasteiger partial charge is 0.548 e. The van der Waals surface area contributed by atoms with Gasteiger partial charge in [0.15, 0.2) is 0 Å². The minimum absolute atomic E-state index is 0. The van der Waals surface area contributed by atoms with E-state index in [1.165, 1.54) is 22.9 Å². The number of nitrogens with zero attached hydrogens (tertiary/aromatic N) is 1. The summed E-state index contributed by atoms with van der Waals surface area (Å²) in [5.74, 6) is -1.08. The molecular formula is C34H35LiN2O3S. The molecule has 0 spiro atoms. The average Bonchev–Trinajstić information content (AvgIpc) is 2.96. The Morgan fingerprint density at radius 2 is 1.49 bits per heavy atom. The molecule has 0 saturated heterocycles. The van der Waals surface area contributed by atoms with Crippen LogP contribution in [0.25, 0.3) is 11.1 Å². The molecule has 1 amide bonds. The van der Waals surface area contributed by atoms with Crippen LogP contribution in [0.2, 0.25) is 0 Å². The van der Waals surface area contributed by atoms with Gasteiger partial charge in [0.05, 0.1) is 12.0 Å². The second-order valence-electron chi connectivity index (χ2n) is 10.00. The molecular weight excluding hydrogens is 523 g/mol. The van der Waals surface area contributed by atoms with Crippen molar-refractivity contribution in [1.29, 1.82) is 0 Å². The molecule has 0 bridgehead atoms. The maximum absolute atomic E-state index is 13.4. The summed E-state index contributed by atoms with van der Waals surface area (Å²) in [5, 5.41) is 14.4. The minimum Gasteiger partial charge on any atom is -0.548 e. The van der Waals surface area contributed by atoms with Gasteiger partial charge in [-0.25, -0.2) is 0 Å². The third-order valence-corrected chi connectivity index (χ3v) is 7.60. The van der Waals surface area contributed by atoms with Gasteiger partial charge in [-0.2, -0.15) is 11.8 Å². The molecule has 7 heteroatoms. The monoisotopic (exact) mass is 558 g/mol. The summed E-state index contributed by atoms with van der Waals surface area (Å²) in [5.41, 5.74) is 7.76. The summed E-state index contributed by atoms with van der Waals surface area (Å²) >= 11 is 1.53. The summed E-state index contributed by atoms with van der Waals surface area (Å²) < 4.78 is 0. The summed E-state index contributed by atoms with van der Waals surface area (Å²) in [4.78, 5) is 27.5. The van der Waals surface area contributed by atoms with Crippen LogP contribution in [-0.2, 0) is 17.9 Å². The molecule has 0 fully saturated rings. The molecule has 0 heterocycles. The zero-order valence-electron chi connectivity index (χ0n) is 24.2. The van der Waals surface area contributed by atoms with Crippen molar-refractivity contribution in [2.75, 3.05) is 16.9 Å². The van der Waals surface area contributed by atoms with Crippen molar-refractivity contribution < 1.29 is 33.6 Å². The number of nitrogens with one attached hydrogen (secondary N) is 1. The van der Waals surface area contributed by atoms with Crippen molar-refractivity contribution in [2.45, 2.75) is 39.4 Å². The van der Waals surface area contributed by atoms with E-state index in [9.17, 15) is 14.7 Å². The number of aliphatic carboxylic acids is 1. The maximum atomic E-state index is 13.4. The summed E-state index contributed by atoms with van der Waals surface area (Å²) in [6, 6.07) is 31.6. The quantitative estimate of drug-likeness (QED) is 0.271. The Morgan fingerprint density at radius 1 is 0.829 bits per heavy atom. The fraction of sp³-hybridized carbons (Fsp3) is 0.235. The van der Waals surface area contributed by atoms with Gasteiger partial charge in [0.25, 0.3) is 5.91 Å². The average molecular weight is 559 g/mol. The zero-order valence-corrected chi connectivity index (χ0v) is 25.0. The fourth-order valence-electron chi connectivity index (χ4n) is 4.72. The first kappa shape index (κ1) is 32.1. The summed E-state index contributed by atoms with van der Waals surface area (Å²) in [6.45, 7) is 5.46. The number of carboxylic acids is 1. The Balaban J connectivity index is 0.00000462. The van der Waals surface area contributed by atoms with Gasteiger partial charge in [-0.15, -0.1) is 0 Å². The van der Waals surface area contributed by atoms with Gasteiger partial charge in [-0.05, 0) is 84.4 Å². The van der Waals surface area contributed by atoms with Crippen LogP contribution < -0.4 is 34.2 Å². The van der Waals surface area contributed by atoms with Crippen molar-refractivity contribution in [1.82, 2.24) is 5.32 Å². The first-order valence-corrected chi connectivity index (χ1v) is 14.8. The Bertz CT molecular complexity index is 1440. The third kappa shape index (κ3) is 8.77. The molecule has 41 heavy (non-hydrogen) atoms. The van der Waals surface area contributed by atoms with E-state index in [-0.39, 0.29) is 18.9 Å². The molecule has 0 radical (unpaired) electrons. The molecule has 0 aliphatic carbocycles.